The van der Waals surface area contributed by atoms with E-state index in [1.807, 2.05) is 0 Å². The molecule has 4 rings (SSSR count). The van der Waals surface area contributed by atoms with Gasteiger partial charge in [0.15, 0.2) is 17.0 Å². The molecule has 0 radical (unpaired) electrons. The van der Waals surface area contributed by atoms with E-state index in [2.05, 4.69) is 24.8 Å². The highest BCUT2D eigenvalue weighted by Gasteiger charge is 2.70. The highest BCUT2D eigenvalue weighted by molar-refractivity contribution is 7.46. The van der Waals surface area contributed by atoms with Crippen molar-refractivity contribution in [2.45, 2.75) is 25.0 Å². The average Bonchev–Trinajstić information content (AvgIpc) is 3.07. The van der Waals surface area contributed by atoms with Gasteiger partial charge in [-0.1, -0.05) is 0 Å². The maximum absolute atomic E-state index is 11.4. The molecular formula is C13H21ClN6O8P2. The normalized spacial score (nSPS) is 28.3. The molecule has 17 heteroatoms. The first-order chi connectivity index (χ1) is 13.4. The van der Waals surface area contributed by atoms with Crippen molar-refractivity contribution in [1.82, 2.24) is 25.7 Å². The number of anilines is 1. The predicted octanol–water partition coefficient (Wildman–Crippen LogP) is 1.22. The van der Waals surface area contributed by atoms with Gasteiger partial charge in [0.25, 0.3) is 0 Å². The number of halogens is 1. The quantitative estimate of drug-likeness (QED) is 0.239. The minimum absolute atomic E-state index is 0. The van der Waals surface area contributed by atoms with Gasteiger partial charge in [-0.2, -0.15) is 9.97 Å². The van der Waals surface area contributed by atoms with E-state index < -0.39 is 33.8 Å². The summed E-state index contributed by atoms with van der Waals surface area (Å²) < 4.78 is 33.9. The largest absolute Gasteiger partial charge is 0.469 e. The number of fused-ring (bicyclic) bond motifs is 2. The highest BCUT2D eigenvalue weighted by Crippen LogP contribution is 2.71. The molecule has 2 aromatic heterocycles. The number of hydrogen-bond acceptors (Lipinski definition) is 9. The molecule has 2 aliphatic carbocycles. The number of nitrogens with zero attached hydrogens (tertiary/aromatic N) is 4. The van der Waals surface area contributed by atoms with Crippen molar-refractivity contribution in [3.63, 3.8) is 0 Å². The average molecular weight is 487 g/mol. The Morgan fingerprint density at radius 1 is 1.30 bits per heavy atom. The van der Waals surface area contributed by atoms with Crippen LogP contribution in [-0.4, -0.2) is 58.9 Å². The lowest BCUT2D eigenvalue weighted by atomic mass is 10.0. The van der Waals surface area contributed by atoms with Gasteiger partial charge in [0.05, 0.1) is 19.0 Å². The molecule has 30 heavy (non-hydrogen) atoms. The van der Waals surface area contributed by atoms with Crippen molar-refractivity contribution in [1.29, 1.82) is 0 Å². The Bertz CT molecular complexity index is 1060. The molecule has 0 bridgehead atoms. The Morgan fingerprint density at radius 2 is 2.00 bits per heavy atom. The van der Waals surface area contributed by atoms with E-state index in [1.165, 1.54) is 6.33 Å². The van der Waals surface area contributed by atoms with E-state index in [9.17, 15) is 18.9 Å². The number of aromatic nitrogens is 4. The van der Waals surface area contributed by atoms with Gasteiger partial charge in [-0.05, 0) is 30.4 Å². The summed E-state index contributed by atoms with van der Waals surface area (Å²) in [7, 11) is -7.94. The summed E-state index contributed by atoms with van der Waals surface area (Å²) >= 11 is 5.99. The van der Waals surface area contributed by atoms with Crippen molar-refractivity contribution in [2.24, 2.45) is 11.3 Å². The van der Waals surface area contributed by atoms with Crippen molar-refractivity contribution >= 4 is 44.2 Å². The van der Waals surface area contributed by atoms with Gasteiger partial charge in [-0.25, -0.2) is 14.1 Å². The molecule has 2 aromatic rings. The molecule has 0 aliphatic heterocycles. The third-order valence-electron chi connectivity index (χ3n) is 5.49. The summed E-state index contributed by atoms with van der Waals surface area (Å²) in [6.07, 6.45) is 1.12. The van der Waals surface area contributed by atoms with Crippen LogP contribution in [0.2, 0.25) is 5.28 Å². The van der Waals surface area contributed by atoms with E-state index in [-0.39, 0.29) is 29.8 Å². The van der Waals surface area contributed by atoms with Gasteiger partial charge >= 0.3 is 15.6 Å². The number of rotatable bonds is 7. The van der Waals surface area contributed by atoms with Crippen LogP contribution in [0.25, 0.3) is 11.2 Å². The second kappa shape index (κ2) is 7.75. The summed E-state index contributed by atoms with van der Waals surface area (Å²) in [6.45, 7) is -0.396. The van der Waals surface area contributed by atoms with Crippen LogP contribution in [-0.2, 0) is 18.2 Å². The molecule has 0 amide bonds. The molecule has 14 nitrogen and oxygen atoms in total. The highest BCUT2D eigenvalue weighted by atomic mass is 35.5. The van der Waals surface area contributed by atoms with Crippen LogP contribution in [0, 0.1) is 11.3 Å². The van der Waals surface area contributed by atoms with Gasteiger partial charge in [-0.15, -0.1) is 0 Å². The summed E-state index contributed by atoms with van der Waals surface area (Å²) in [5.41, 5.74) is -0.0477. The van der Waals surface area contributed by atoms with E-state index in [4.69, 9.17) is 25.9 Å². The maximum atomic E-state index is 11.4. The molecule has 0 aromatic carbocycles. The standard InChI is InChI=1S/C13H18ClN5O8P2.H3N/c1-15-10-9-11(18-12(14)17-10)19(5-16-9)7-2-8(27-29(23,24)25)13(3-6(7)13)4-26-28(20,21)22;/h5-8H,2-4H2,1H3,(H,15,17,18)(H2,20,21,22)(H2,23,24,25);1H3/t6-,7+,8+,13+;/m1./s1. The van der Waals surface area contributed by atoms with E-state index >= 15 is 0 Å². The Morgan fingerprint density at radius 3 is 2.60 bits per heavy atom. The van der Waals surface area contributed by atoms with Gasteiger partial charge < -0.3 is 35.6 Å². The fourth-order valence-corrected chi connectivity index (χ4v) is 5.45. The van der Waals surface area contributed by atoms with Crippen molar-refractivity contribution < 1.29 is 37.8 Å². The predicted molar refractivity (Wildman–Crippen MR) is 104 cm³/mol. The van der Waals surface area contributed by atoms with Crippen LogP contribution in [0.5, 0.6) is 0 Å². The number of imidazole rings is 1. The van der Waals surface area contributed by atoms with Gasteiger partial charge in [0.2, 0.25) is 5.28 Å². The topological polar surface area (TPSA) is 224 Å². The number of hydrogen-bond donors (Lipinski definition) is 6. The molecule has 0 unspecified atom stereocenters. The number of phosphoric acid groups is 2. The Hall–Kier alpha value is -1.18. The minimum atomic E-state index is -4.84. The first kappa shape index (κ1) is 23.5. The van der Waals surface area contributed by atoms with E-state index in [1.54, 1.807) is 11.6 Å². The second-order valence-electron chi connectivity index (χ2n) is 7.11. The number of nitrogens with one attached hydrogen (secondary N) is 1. The van der Waals surface area contributed by atoms with Crippen LogP contribution in [0.4, 0.5) is 5.82 Å². The Labute approximate surface area is 175 Å². The minimum Gasteiger partial charge on any atom is -0.371 e. The molecule has 4 atom stereocenters. The smallest absolute Gasteiger partial charge is 0.371 e. The molecule has 2 saturated carbocycles. The number of phosphoric ester groups is 2. The molecule has 2 heterocycles. The lowest BCUT2D eigenvalue weighted by Gasteiger charge is -2.24. The third-order valence-corrected chi connectivity index (χ3v) is 6.66. The van der Waals surface area contributed by atoms with Crippen LogP contribution in [0.1, 0.15) is 18.9 Å². The molecule has 2 aliphatic rings. The first-order valence-electron chi connectivity index (χ1n) is 8.45. The van der Waals surface area contributed by atoms with Crippen molar-refractivity contribution in [3.8, 4) is 0 Å². The molecular weight excluding hydrogens is 466 g/mol. The lowest BCUT2D eigenvalue weighted by molar-refractivity contribution is 0.0499. The van der Waals surface area contributed by atoms with Crippen LogP contribution in [0.3, 0.4) is 0 Å². The van der Waals surface area contributed by atoms with E-state index in [0.717, 1.165) is 0 Å². The second-order valence-corrected chi connectivity index (χ2v) is 9.88. The van der Waals surface area contributed by atoms with Crippen LogP contribution < -0.4 is 11.5 Å². The SMILES string of the molecule is CNc1nc(Cl)nc2c1ncn2[C@H]1C[C@H](OP(=O)(O)O)[C@]2(COP(=O)(O)O)C[C@H]12.N. The van der Waals surface area contributed by atoms with Crippen molar-refractivity contribution in [3.05, 3.63) is 11.6 Å². The van der Waals surface area contributed by atoms with Gasteiger partial charge in [-0.3, -0.25) is 9.05 Å². The fourth-order valence-electron chi connectivity index (χ4n) is 4.25. The maximum Gasteiger partial charge on any atom is 0.469 e. The molecule has 8 N–H and O–H groups in total. The Balaban J connectivity index is 0.00000256. The summed E-state index contributed by atoms with van der Waals surface area (Å²) in [5.74, 6) is 0.210. The molecule has 168 valence electrons. The van der Waals surface area contributed by atoms with Crippen molar-refractivity contribution in [2.75, 3.05) is 19.0 Å². The summed E-state index contributed by atoms with van der Waals surface area (Å²) in [5, 5.41) is 2.87. The summed E-state index contributed by atoms with van der Waals surface area (Å²) in [6, 6.07) is -0.340. The fraction of sp³-hybridized carbons (Fsp3) is 0.615. The first-order valence-corrected chi connectivity index (χ1v) is 11.9. The zero-order chi connectivity index (χ0) is 21.2. The van der Waals surface area contributed by atoms with E-state index in [0.29, 0.717) is 23.4 Å². The van der Waals surface area contributed by atoms with Crippen LogP contribution in [0.15, 0.2) is 6.33 Å². The monoisotopic (exact) mass is 486 g/mol. The zero-order valence-corrected chi connectivity index (χ0v) is 18.2. The zero-order valence-electron chi connectivity index (χ0n) is 15.6. The molecule has 2 fully saturated rings. The molecule has 0 spiro atoms. The van der Waals surface area contributed by atoms with Crippen LogP contribution >= 0.6 is 27.2 Å². The van der Waals surface area contributed by atoms with Gasteiger partial charge in [0.1, 0.15) is 0 Å². The lowest BCUT2D eigenvalue weighted by Crippen LogP contribution is -2.26. The summed E-state index contributed by atoms with van der Waals surface area (Å²) in [4.78, 5) is 49.2. The Kier molecular flexibility index (Phi) is 6.06. The third kappa shape index (κ3) is 4.26. The molecule has 0 saturated heterocycles. The van der Waals surface area contributed by atoms with Gasteiger partial charge in [0, 0.05) is 18.5 Å².